The molecule has 3 nitrogen and oxygen atoms in total. The molecule has 2 aromatic carbocycles. The number of rotatable bonds is 6. The van der Waals surface area contributed by atoms with Gasteiger partial charge >= 0.3 is 0 Å². The van der Waals surface area contributed by atoms with Crippen LogP contribution in [0, 0.1) is 11.3 Å². The van der Waals surface area contributed by atoms with Gasteiger partial charge in [0.15, 0.2) is 11.5 Å². The minimum Gasteiger partial charge on any atom is -0.490 e. The number of allylic oxidation sites excluding steroid dienone is 1. The highest BCUT2D eigenvalue weighted by Crippen LogP contribution is 2.31. The van der Waals surface area contributed by atoms with Gasteiger partial charge in [-0.3, -0.25) is 0 Å². The Kier molecular flexibility index (Phi) is 6.25. The molecule has 0 fully saturated rings. The minimum absolute atomic E-state index is 0.543. The Bertz CT molecular complexity index is 730. The second kappa shape index (κ2) is 8.40. The van der Waals surface area contributed by atoms with Crippen molar-refractivity contribution in [2.45, 2.75) is 13.8 Å². The van der Waals surface area contributed by atoms with Crippen LogP contribution in [0.25, 0.3) is 11.6 Å². The van der Waals surface area contributed by atoms with Crippen molar-refractivity contribution in [1.82, 2.24) is 0 Å². The SMILES string of the molecule is CCOc1ccc(/C(C#N)=C\c2ccc(Br)cc2)cc1OCC. The zero-order valence-electron chi connectivity index (χ0n) is 13.2. The fourth-order valence-electron chi connectivity index (χ4n) is 2.12. The summed E-state index contributed by atoms with van der Waals surface area (Å²) in [6.07, 6.45) is 1.86. The van der Waals surface area contributed by atoms with E-state index in [2.05, 4.69) is 22.0 Å². The fraction of sp³-hybridized carbons (Fsp3) is 0.211. The Balaban J connectivity index is 2.39. The Morgan fingerprint density at radius 1 is 1.04 bits per heavy atom. The first-order chi connectivity index (χ1) is 11.2. The van der Waals surface area contributed by atoms with Crippen LogP contribution in [0.1, 0.15) is 25.0 Å². The van der Waals surface area contributed by atoms with Crippen LogP contribution in [0.2, 0.25) is 0 Å². The van der Waals surface area contributed by atoms with Crippen LogP contribution in [0.4, 0.5) is 0 Å². The maximum atomic E-state index is 9.49. The molecule has 0 saturated carbocycles. The lowest BCUT2D eigenvalue weighted by atomic mass is 10.0. The molecule has 2 rings (SSSR count). The summed E-state index contributed by atoms with van der Waals surface area (Å²) in [5.41, 5.74) is 2.36. The van der Waals surface area contributed by atoms with Gasteiger partial charge in [0, 0.05) is 4.47 Å². The summed E-state index contributed by atoms with van der Waals surface area (Å²) in [6.45, 7) is 4.96. The van der Waals surface area contributed by atoms with Crippen LogP contribution >= 0.6 is 15.9 Å². The van der Waals surface area contributed by atoms with Gasteiger partial charge < -0.3 is 9.47 Å². The van der Waals surface area contributed by atoms with Gasteiger partial charge in [-0.1, -0.05) is 28.1 Å². The summed E-state index contributed by atoms with van der Waals surface area (Å²) in [5, 5.41) is 9.49. The highest BCUT2D eigenvalue weighted by Gasteiger charge is 2.09. The monoisotopic (exact) mass is 371 g/mol. The van der Waals surface area contributed by atoms with E-state index in [1.165, 1.54) is 0 Å². The van der Waals surface area contributed by atoms with E-state index < -0.39 is 0 Å². The first-order valence-corrected chi connectivity index (χ1v) is 8.24. The van der Waals surface area contributed by atoms with E-state index >= 15 is 0 Å². The Morgan fingerprint density at radius 2 is 1.70 bits per heavy atom. The molecule has 0 radical (unpaired) electrons. The molecule has 0 aromatic heterocycles. The van der Waals surface area contributed by atoms with E-state index in [4.69, 9.17) is 9.47 Å². The van der Waals surface area contributed by atoms with Crippen molar-refractivity contribution in [3.8, 4) is 17.6 Å². The maximum Gasteiger partial charge on any atom is 0.161 e. The summed E-state index contributed by atoms with van der Waals surface area (Å²) < 4.78 is 12.2. The number of hydrogen-bond acceptors (Lipinski definition) is 3. The van der Waals surface area contributed by atoms with Crippen LogP contribution in [0.3, 0.4) is 0 Å². The van der Waals surface area contributed by atoms with E-state index in [-0.39, 0.29) is 0 Å². The Labute approximate surface area is 145 Å². The predicted octanol–water partition coefficient (Wildman–Crippen LogP) is 5.31. The van der Waals surface area contributed by atoms with Crippen molar-refractivity contribution < 1.29 is 9.47 Å². The third kappa shape index (κ3) is 4.61. The molecule has 0 aliphatic heterocycles. The number of ether oxygens (including phenoxy) is 2. The van der Waals surface area contributed by atoms with Crippen molar-refractivity contribution >= 4 is 27.6 Å². The molecule has 0 heterocycles. The first-order valence-electron chi connectivity index (χ1n) is 7.45. The average Bonchev–Trinajstić information content (AvgIpc) is 2.56. The van der Waals surface area contributed by atoms with Gasteiger partial charge in [0.25, 0.3) is 0 Å². The molecule has 0 amide bonds. The molecular weight excluding hydrogens is 354 g/mol. The molecule has 0 aliphatic carbocycles. The van der Waals surface area contributed by atoms with Gasteiger partial charge in [0.05, 0.1) is 24.9 Å². The van der Waals surface area contributed by atoms with Crippen LogP contribution in [0.5, 0.6) is 11.5 Å². The normalized spacial score (nSPS) is 11.0. The lowest BCUT2D eigenvalue weighted by molar-refractivity contribution is 0.287. The summed E-state index contributed by atoms with van der Waals surface area (Å²) in [4.78, 5) is 0. The van der Waals surface area contributed by atoms with Gasteiger partial charge in [-0.2, -0.15) is 5.26 Å². The zero-order chi connectivity index (χ0) is 16.7. The molecular formula is C19H18BrNO2. The molecule has 0 spiro atoms. The van der Waals surface area contributed by atoms with Gasteiger partial charge in [-0.15, -0.1) is 0 Å². The molecule has 0 bridgehead atoms. The van der Waals surface area contributed by atoms with Crippen LogP contribution in [-0.4, -0.2) is 13.2 Å². The largest absolute Gasteiger partial charge is 0.490 e. The van der Waals surface area contributed by atoms with Crippen LogP contribution in [0.15, 0.2) is 46.9 Å². The average molecular weight is 372 g/mol. The second-order valence-electron chi connectivity index (χ2n) is 4.75. The molecule has 0 saturated heterocycles. The first kappa shape index (κ1) is 17.1. The van der Waals surface area contributed by atoms with E-state index in [1.54, 1.807) is 0 Å². The van der Waals surface area contributed by atoms with Crippen LogP contribution in [-0.2, 0) is 0 Å². The van der Waals surface area contributed by atoms with Gasteiger partial charge in [0.2, 0.25) is 0 Å². The molecule has 23 heavy (non-hydrogen) atoms. The standard InChI is InChI=1S/C19H18BrNO2/c1-3-22-18-10-7-15(12-19(18)23-4-2)16(13-21)11-14-5-8-17(20)9-6-14/h5-12H,3-4H2,1-2H3/b16-11-. The van der Waals surface area contributed by atoms with E-state index in [0.717, 1.165) is 15.6 Å². The molecule has 4 heteroatoms. The smallest absolute Gasteiger partial charge is 0.161 e. The topological polar surface area (TPSA) is 42.2 Å². The van der Waals surface area contributed by atoms with Crippen molar-refractivity contribution in [3.05, 3.63) is 58.1 Å². The van der Waals surface area contributed by atoms with E-state index in [0.29, 0.717) is 30.3 Å². The lowest BCUT2D eigenvalue weighted by Crippen LogP contribution is -1.99. The fourth-order valence-corrected chi connectivity index (χ4v) is 2.39. The van der Waals surface area contributed by atoms with Gasteiger partial charge in [-0.05, 0) is 61.4 Å². The molecule has 2 aromatic rings. The molecule has 118 valence electrons. The highest BCUT2D eigenvalue weighted by atomic mass is 79.9. The molecule has 0 N–H and O–H groups in total. The van der Waals surface area contributed by atoms with E-state index in [9.17, 15) is 5.26 Å². The maximum absolute atomic E-state index is 9.49. The summed E-state index contributed by atoms with van der Waals surface area (Å²) >= 11 is 3.41. The number of halogens is 1. The highest BCUT2D eigenvalue weighted by molar-refractivity contribution is 9.10. The molecule has 0 unspecified atom stereocenters. The van der Waals surface area contributed by atoms with Gasteiger partial charge in [0.1, 0.15) is 0 Å². The third-order valence-corrected chi connectivity index (χ3v) is 3.68. The van der Waals surface area contributed by atoms with E-state index in [1.807, 2.05) is 62.4 Å². The number of nitriles is 1. The third-order valence-electron chi connectivity index (χ3n) is 3.16. The van der Waals surface area contributed by atoms with Crippen molar-refractivity contribution in [3.63, 3.8) is 0 Å². The summed E-state index contributed by atoms with van der Waals surface area (Å²) in [5.74, 6) is 1.35. The van der Waals surface area contributed by atoms with Crippen molar-refractivity contribution in [1.29, 1.82) is 5.26 Å². The predicted molar refractivity (Wildman–Crippen MR) is 96.4 cm³/mol. The number of hydrogen-bond donors (Lipinski definition) is 0. The number of benzene rings is 2. The van der Waals surface area contributed by atoms with Crippen molar-refractivity contribution in [2.24, 2.45) is 0 Å². The quantitative estimate of drug-likeness (QED) is 0.510. The Hall–Kier alpha value is -2.25. The lowest BCUT2D eigenvalue weighted by Gasteiger charge is -2.12. The molecule has 0 atom stereocenters. The summed E-state index contributed by atoms with van der Waals surface area (Å²) in [6, 6.07) is 15.6. The number of nitrogens with zero attached hydrogens (tertiary/aromatic N) is 1. The van der Waals surface area contributed by atoms with Crippen molar-refractivity contribution in [2.75, 3.05) is 13.2 Å². The Morgan fingerprint density at radius 3 is 2.30 bits per heavy atom. The van der Waals surface area contributed by atoms with Crippen LogP contribution < -0.4 is 9.47 Å². The second-order valence-corrected chi connectivity index (χ2v) is 5.66. The minimum atomic E-state index is 0.543. The van der Waals surface area contributed by atoms with Gasteiger partial charge in [-0.25, -0.2) is 0 Å². The molecule has 0 aliphatic rings. The summed E-state index contributed by atoms with van der Waals surface area (Å²) in [7, 11) is 0. The zero-order valence-corrected chi connectivity index (χ0v) is 14.8.